The summed E-state index contributed by atoms with van der Waals surface area (Å²) in [5, 5.41) is 1.14. The molecule has 9 aromatic carbocycles. The number of rotatable bonds is 8. The highest BCUT2D eigenvalue weighted by atomic mass is 15.1. The van der Waals surface area contributed by atoms with E-state index in [0.717, 1.165) is 44.8 Å². The van der Waals surface area contributed by atoms with Crippen molar-refractivity contribution < 1.29 is 0 Å². The van der Waals surface area contributed by atoms with Crippen LogP contribution in [0.1, 0.15) is 25.0 Å². The molecule has 11 rings (SSSR count). The number of hydrogen-bond acceptors (Lipinski definition) is 2. The van der Waals surface area contributed by atoms with E-state index < -0.39 is 0 Å². The SMILES string of the molecule is CC1(C)c2cc(-c3nc4ccccc4cc3-c3ccccc3)ccc2-c2ccc(N(c3ccc(-c4ccccc4)cc3)c3ccc(-c4ccc(-c5ccccc5)cc4)cc3)cc21. The summed E-state index contributed by atoms with van der Waals surface area (Å²) in [6.45, 7) is 4.74. The van der Waals surface area contributed by atoms with Gasteiger partial charge in [-0.25, -0.2) is 4.98 Å². The van der Waals surface area contributed by atoms with Gasteiger partial charge in [-0.05, 0) is 116 Å². The fourth-order valence-corrected chi connectivity index (χ4v) is 9.36. The van der Waals surface area contributed by atoms with Crippen molar-refractivity contribution in [3.8, 4) is 66.9 Å². The molecule has 0 spiro atoms. The van der Waals surface area contributed by atoms with Gasteiger partial charge in [0.25, 0.3) is 0 Å². The normalized spacial score (nSPS) is 12.5. The van der Waals surface area contributed by atoms with E-state index in [9.17, 15) is 0 Å². The molecular formula is C60H44N2. The number of anilines is 3. The van der Waals surface area contributed by atoms with Crippen molar-refractivity contribution in [2.75, 3.05) is 4.90 Å². The molecular weight excluding hydrogens is 749 g/mol. The Morgan fingerprint density at radius 3 is 1.27 bits per heavy atom. The zero-order chi connectivity index (χ0) is 41.6. The lowest BCUT2D eigenvalue weighted by atomic mass is 9.81. The van der Waals surface area contributed by atoms with Gasteiger partial charge in [0.15, 0.2) is 0 Å². The molecule has 0 fully saturated rings. The summed E-state index contributed by atoms with van der Waals surface area (Å²) in [4.78, 5) is 7.71. The molecule has 62 heavy (non-hydrogen) atoms. The highest BCUT2D eigenvalue weighted by Crippen LogP contribution is 2.52. The minimum atomic E-state index is -0.251. The molecule has 0 unspecified atom stereocenters. The summed E-state index contributed by atoms with van der Waals surface area (Å²) in [5.41, 5.74) is 21.0. The number of para-hydroxylation sites is 1. The first-order valence-electron chi connectivity index (χ1n) is 21.4. The summed E-state index contributed by atoms with van der Waals surface area (Å²) < 4.78 is 0. The standard InChI is InChI=1S/C60H44N2/c1-60(2)56-39-49(59-55(47-18-10-5-11-19-47)38-48-20-12-13-21-58(48)61-59)30-36-53(56)54-37-35-52(40-57(54)60)62(50-31-26-45(27-32-50)42-16-8-4-9-17-42)51-33-28-46(29-34-51)44-24-22-43(23-25-44)41-14-6-3-7-15-41/h3-40H,1-2H3. The minimum Gasteiger partial charge on any atom is -0.310 e. The lowest BCUT2D eigenvalue weighted by molar-refractivity contribution is 0.660. The fraction of sp³-hybridized carbons (Fsp3) is 0.0500. The topological polar surface area (TPSA) is 16.1 Å². The van der Waals surface area contributed by atoms with Gasteiger partial charge in [0.1, 0.15) is 0 Å². The van der Waals surface area contributed by atoms with Crippen LogP contribution >= 0.6 is 0 Å². The Labute approximate surface area is 364 Å². The first-order chi connectivity index (χ1) is 30.5. The molecule has 1 aliphatic carbocycles. The molecule has 0 bridgehead atoms. The average Bonchev–Trinajstić information content (AvgIpc) is 3.57. The maximum absolute atomic E-state index is 5.31. The van der Waals surface area contributed by atoms with E-state index in [-0.39, 0.29) is 5.41 Å². The molecule has 1 heterocycles. The average molecular weight is 793 g/mol. The predicted octanol–water partition coefficient (Wildman–Crippen LogP) is 16.3. The Morgan fingerprint density at radius 1 is 0.323 bits per heavy atom. The zero-order valence-electron chi connectivity index (χ0n) is 34.8. The van der Waals surface area contributed by atoms with Crippen molar-refractivity contribution in [2.24, 2.45) is 0 Å². The van der Waals surface area contributed by atoms with Crippen LogP contribution in [0.2, 0.25) is 0 Å². The maximum Gasteiger partial charge on any atom is 0.0788 e. The smallest absolute Gasteiger partial charge is 0.0788 e. The van der Waals surface area contributed by atoms with Gasteiger partial charge in [0.2, 0.25) is 0 Å². The quantitative estimate of drug-likeness (QED) is 0.152. The number of pyridine rings is 1. The summed E-state index contributed by atoms with van der Waals surface area (Å²) in [7, 11) is 0. The summed E-state index contributed by atoms with van der Waals surface area (Å²) in [5.74, 6) is 0. The van der Waals surface area contributed by atoms with Crippen molar-refractivity contribution in [1.29, 1.82) is 0 Å². The van der Waals surface area contributed by atoms with Gasteiger partial charge in [0.05, 0.1) is 11.2 Å². The number of benzene rings is 9. The second-order valence-electron chi connectivity index (χ2n) is 16.8. The number of nitrogens with zero attached hydrogens (tertiary/aromatic N) is 2. The van der Waals surface area contributed by atoms with E-state index in [1.807, 2.05) is 0 Å². The third-order valence-corrected chi connectivity index (χ3v) is 12.7. The molecule has 1 aliphatic rings. The third kappa shape index (κ3) is 6.67. The molecule has 10 aromatic rings. The predicted molar refractivity (Wildman–Crippen MR) is 261 cm³/mol. The Kier molecular flexibility index (Phi) is 9.20. The number of hydrogen-bond donors (Lipinski definition) is 0. The lowest BCUT2D eigenvalue weighted by Crippen LogP contribution is -2.16. The molecule has 2 nitrogen and oxygen atoms in total. The van der Waals surface area contributed by atoms with E-state index in [4.69, 9.17) is 4.98 Å². The van der Waals surface area contributed by atoms with Crippen LogP contribution in [0, 0.1) is 0 Å². The van der Waals surface area contributed by atoms with Crippen molar-refractivity contribution in [3.63, 3.8) is 0 Å². The molecule has 0 amide bonds. The monoisotopic (exact) mass is 792 g/mol. The van der Waals surface area contributed by atoms with Gasteiger partial charge in [-0.15, -0.1) is 0 Å². The van der Waals surface area contributed by atoms with Crippen LogP contribution in [0.15, 0.2) is 231 Å². The molecule has 294 valence electrons. The second kappa shape index (κ2) is 15.3. The Morgan fingerprint density at radius 2 is 0.726 bits per heavy atom. The van der Waals surface area contributed by atoms with E-state index in [1.165, 1.54) is 61.2 Å². The van der Waals surface area contributed by atoms with E-state index in [0.29, 0.717) is 0 Å². The van der Waals surface area contributed by atoms with Crippen LogP contribution in [-0.4, -0.2) is 4.98 Å². The Hall–Kier alpha value is -7.81. The zero-order valence-corrected chi connectivity index (χ0v) is 34.8. The molecule has 0 atom stereocenters. The van der Waals surface area contributed by atoms with Crippen LogP contribution in [0.25, 0.3) is 77.8 Å². The molecule has 0 N–H and O–H groups in total. The van der Waals surface area contributed by atoms with E-state index in [2.05, 4.69) is 249 Å². The van der Waals surface area contributed by atoms with Gasteiger partial charge in [-0.2, -0.15) is 0 Å². The van der Waals surface area contributed by atoms with E-state index in [1.54, 1.807) is 0 Å². The maximum atomic E-state index is 5.31. The first kappa shape index (κ1) is 37.2. The molecule has 2 heteroatoms. The first-order valence-corrected chi connectivity index (χ1v) is 21.4. The van der Waals surface area contributed by atoms with Gasteiger partial charge in [0, 0.05) is 39.0 Å². The second-order valence-corrected chi connectivity index (χ2v) is 16.8. The Bertz CT molecular complexity index is 3210. The molecule has 0 saturated heterocycles. The third-order valence-electron chi connectivity index (χ3n) is 12.7. The fourth-order valence-electron chi connectivity index (χ4n) is 9.36. The molecule has 0 saturated carbocycles. The largest absolute Gasteiger partial charge is 0.310 e. The highest BCUT2D eigenvalue weighted by molar-refractivity contribution is 5.94. The van der Waals surface area contributed by atoms with Gasteiger partial charge >= 0.3 is 0 Å². The van der Waals surface area contributed by atoms with Gasteiger partial charge < -0.3 is 4.90 Å². The van der Waals surface area contributed by atoms with Crippen molar-refractivity contribution >= 4 is 28.0 Å². The van der Waals surface area contributed by atoms with Crippen molar-refractivity contribution in [3.05, 3.63) is 242 Å². The van der Waals surface area contributed by atoms with Crippen LogP contribution in [0.3, 0.4) is 0 Å². The number of fused-ring (bicyclic) bond motifs is 4. The molecule has 0 aliphatic heterocycles. The van der Waals surface area contributed by atoms with Gasteiger partial charge in [-0.1, -0.05) is 190 Å². The van der Waals surface area contributed by atoms with Crippen LogP contribution in [0.5, 0.6) is 0 Å². The molecule has 1 aromatic heterocycles. The molecule has 0 radical (unpaired) electrons. The van der Waals surface area contributed by atoms with Crippen molar-refractivity contribution in [2.45, 2.75) is 19.3 Å². The van der Waals surface area contributed by atoms with Crippen LogP contribution in [-0.2, 0) is 5.41 Å². The van der Waals surface area contributed by atoms with E-state index >= 15 is 0 Å². The summed E-state index contributed by atoms with van der Waals surface area (Å²) in [6, 6.07) is 83.4. The van der Waals surface area contributed by atoms with Gasteiger partial charge in [-0.3, -0.25) is 0 Å². The summed E-state index contributed by atoms with van der Waals surface area (Å²) in [6.07, 6.45) is 0. The Balaban J connectivity index is 0.978. The summed E-state index contributed by atoms with van der Waals surface area (Å²) >= 11 is 0. The highest BCUT2D eigenvalue weighted by Gasteiger charge is 2.36. The van der Waals surface area contributed by atoms with Crippen LogP contribution in [0.4, 0.5) is 17.1 Å². The number of aromatic nitrogens is 1. The van der Waals surface area contributed by atoms with Crippen molar-refractivity contribution in [1.82, 2.24) is 4.98 Å². The van der Waals surface area contributed by atoms with Crippen LogP contribution < -0.4 is 4.90 Å². The lowest BCUT2D eigenvalue weighted by Gasteiger charge is -2.28. The minimum absolute atomic E-state index is 0.251.